The van der Waals surface area contributed by atoms with Crippen LogP contribution in [-0.4, -0.2) is 30.0 Å². The molecule has 4 heteroatoms. The van der Waals surface area contributed by atoms with Crippen LogP contribution in [0.1, 0.15) is 28.3 Å². The van der Waals surface area contributed by atoms with E-state index in [-0.39, 0.29) is 18.1 Å². The SMILES string of the molecule is CC1COC(c2ccccc2)CN1C(=O)c1cccs1. The molecule has 1 fully saturated rings. The summed E-state index contributed by atoms with van der Waals surface area (Å²) in [4.78, 5) is 15.2. The van der Waals surface area contributed by atoms with Gasteiger partial charge < -0.3 is 9.64 Å². The molecule has 0 N–H and O–H groups in total. The maximum absolute atomic E-state index is 12.5. The second-order valence-electron chi connectivity index (χ2n) is 5.02. The van der Waals surface area contributed by atoms with E-state index in [0.717, 1.165) is 10.4 Å². The number of amides is 1. The van der Waals surface area contributed by atoms with Crippen molar-refractivity contribution in [2.45, 2.75) is 19.1 Å². The molecule has 2 atom stereocenters. The first kappa shape index (κ1) is 13.3. The Labute approximate surface area is 122 Å². The fourth-order valence-corrected chi connectivity index (χ4v) is 3.13. The molecule has 3 rings (SSSR count). The molecule has 0 radical (unpaired) electrons. The minimum atomic E-state index is -0.0312. The number of morpholine rings is 1. The summed E-state index contributed by atoms with van der Waals surface area (Å²) < 4.78 is 5.88. The van der Waals surface area contributed by atoms with Gasteiger partial charge in [-0.25, -0.2) is 0 Å². The zero-order valence-corrected chi connectivity index (χ0v) is 12.2. The molecule has 1 aromatic heterocycles. The molecule has 2 heterocycles. The van der Waals surface area contributed by atoms with Gasteiger partial charge in [0.25, 0.3) is 5.91 Å². The van der Waals surface area contributed by atoms with Crippen LogP contribution in [0, 0.1) is 0 Å². The molecule has 2 unspecified atom stereocenters. The van der Waals surface area contributed by atoms with Crippen molar-refractivity contribution >= 4 is 17.2 Å². The third kappa shape index (κ3) is 2.62. The van der Waals surface area contributed by atoms with Crippen LogP contribution >= 0.6 is 11.3 Å². The van der Waals surface area contributed by atoms with Crippen LogP contribution in [0.3, 0.4) is 0 Å². The molecule has 0 saturated carbocycles. The van der Waals surface area contributed by atoms with Crippen LogP contribution in [0.2, 0.25) is 0 Å². The van der Waals surface area contributed by atoms with Crippen molar-refractivity contribution in [2.24, 2.45) is 0 Å². The lowest BCUT2D eigenvalue weighted by Crippen LogP contribution is -2.48. The molecule has 0 aliphatic carbocycles. The second kappa shape index (κ2) is 5.77. The van der Waals surface area contributed by atoms with Crippen molar-refractivity contribution in [3.8, 4) is 0 Å². The first-order chi connectivity index (χ1) is 9.75. The summed E-state index contributed by atoms with van der Waals surface area (Å²) in [6.45, 7) is 3.23. The molecular formula is C16H17NO2S. The first-order valence-corrected chi connectivity index (χ1v) is 7.64. The fraction of sp³-hybridized carbons (Fsp3) is 0.312. The standard InChI is InChI=1S/C16H17NO2S/c1-12-11-19-14(13-6-3-2-4-7-13)10-17(12)16(18)15-8-5-9-20-15/h2-9,12,14H,10-11H2,1H3. The van der Waals surface area contributed by atoms with Crippen LogP contribution in [-0.2, 0) is 4.74 Å². The largest absolute Gasteiger partial charge is 0.370 e. The van der Waals surface area contributed by atoms with Gasteiger partial charge >= 0.3 is 0 Å². The van der Waals surface area contributed by atoms with Crippen molar-refractivity contribution in [2.75, 3.05) is 13.2 Å². The molecule has 1 saturated heterocycles. The number of nitrogens with zero attached hydrogens (tertiary/aromatic N) is 1. The Kier molecular flexibility index (Phi) is 3.85. The highest BCUT2D eigenvalue weighted by atomic mass is 32.1. The lowest BCUT2D eigenvalue weighted by atomic mass is 10.1. The second-order valence-corrected chi connectivity index (χ2v) is 5.96. The topological polar surface area (TPSA) is 29.5 Å². The van der Waals surface area contributed by atoms with Crippen molar-refractivity contribution in [3.05, 3.63) is 58.3 Å². The Bertz CT molecular complexity index is 567. The molecule has 3 nitrogen and oxygen atoms in total. The normalized spacial score (nSPS) is 22.8. The van der Waals surface area contributed by atoms with Gasteiger partial charge in [-0.2, -0.15) is 0 Å². The maximum atomic E-state index is 12.5. The number of ether oxygens (including phenoxy) is 1. The van der Waals surface area contributed by atoms with Crippen molar-refractivity contribution in [1.29, 1.82) is 0 Å². The fourth-order valence-electron chi connectivity index (χ4n) is 2.45. The highest BCUT2D eigenvalue weighted by molar-refractivity contribution is 7.12. The van der Waals surface area contributed by atoms with E-state index in [0.29, 0.717) is 13.2 Å². The summed E-state index contributed by atoms with van der Waals surface area (Å²) in [5, 5.41) is 1.94. The Morgan fingerprint density at radius 1 is 1.25 bits per heavy atom. The number of rotatable bonds is 2. The van der Waals surface area contributed by atoms with E-state index in [9.17, 15) is 4.79 Å². The average Bonchev–Trinajstić information content (AvgIpc) is 3.02. The van der Waals surface area contributed by atoms with Crippen molar-refractivity contribution in [1.82, 2.24) is 4.90 Å². The first-order valence-electron chi connectivity index (χ1n) is 6.76. The zero-order valence-electron chi connectivity index (χ0n) is 11.4. The van der Waals surface area contributed by atoms with Crippen LogP contribution in [0.5, 0.6) is 0 Å². The maximum Gasteiger partial charge on any atom is 0.264 e. The van der Waals surface area contributed by atoms with Crippen LogP contribution in [0.25, 0.3) is 0 Å². The highest BCUT2D eigenvalue weighted by Gasteiger charge is 2.31. The highest BCUT2D eigenvalue weighted by Crippen LogP contribution is 2.26. The van der Waals surface area contributed by atoms with Gasteiger partial charge in [-0.15, -0.1) is 11.3 Å². The van der Waals surface area contributed by atoms with Crippen molar-refractivity contribution < 1.29 is 9.53 Å². The van der Waals surface area contributed by atoms with E-state index in [2.05, 4.69) is 12.1 Å². The van der Waals surface area contributed by atoms with Gasteiger partial charge in [-0.3, -0.25) is 4.79 Å². The molecule has 1 aliphatic heterocycles. The molecule has 1 aliphatic rings. The molecule has 104 valence electrons. The van der Waals surface area contributed by atoms with E-state index >= 15 is 0 Å². The Hall–Kier alpha value is -1.65. The molecule has 1 amide bonds. The number of carbonyl (C=O) groups excluding carboxylic acids is 1. The number of carbonyl (C=O) groups is 1. The van der Waals surface area contributed by atoms with Crippen molar-refractivity contribution in [3.63, 3.8) is 0 Å². The smallest absolute Gasteiger partial charge is 0.264 e. The summed E-state index contributed by atoms with van der Waals surface area (Å²) >= 11 is 1.49. The number of hydrogen-bond donors (Lipinski definition) is 0. The summed E-state index contributed by atoms with van der Waals surface area (Å²) in [6, 6.07) is 14.0. The number of hydrogen-bond acceptors (Lipinski definition) is 3. The van der Waals surface area contributed by atoms with E-state index in [1.54, 1.807) is 0 Å². The van der Waals surface area contributed by atoms with Gasteiger partial charge in [-0.05, 0) is 23.9 Å². The molecule has 0 spiro atoms. The van der Waals surface area contributed by atoms with Gasteiger partial charge in [-0.1, -0.05) is 36.4 Å². The molecular weight excluding hydrogens is 270 g/mol. The Morgan fingerprint density at radius 2 is 2.05 bits per heavy atom. The molecule has 2 aromatic rings. The average molecular weight is 287 g/mol. The third-order valence-electron chi connectivity index (χ3n) is 3.60. The number of benzene rings is 1. The Balaban J connectivity index is 1.79. The lowest BCUT2D eigenvalue weighted by molar-refractivity contribution is -0.0485. The summed E-state index contributed by atoms with van der Waals surface area (Å²) in [5.41, 5.74) is 1.13. The molecule has 20 heavy (non-hydrogen) atoms. The minimum Gasteiger partial charge on any atom is -0.370 e. The molecule has 0 bridgehead atoms. The monoisotopic (exact) mass is 287 g/mol. The van der Waals surface area contributed by atoms with E-state index in [4.69, 9.17) is 4.74 Å². The van der Waals surface area contributed by atoms with Gasteiger partial charge in [0.15, 0.2) is 0 Å². The molecule has 1 aromatic carbocycles. The summed E-state index contributed by atoms with van der Waals surface area (Å²) in [7, 11) is 0. The van der Waals surface area contributed by atoms with Crippen LogP contribution < -0.4 is 0 Å². The summed E-state index contributed by atoms with van der Waals surface area (Å²) in [5.74, 6) is 0.108. The van der Waals surface area contributed by atoms with E-state index in [1.165, 1.54) is 11.3 Å². The Morgan fingerprint density at radius 3 is 2.75 bits per heavy atom. The van der Waals surface area contributed by atoms with Gasteiger partial charge in [0, 0.05) is 0 Å². The van der Waals surface area contributed by atoms with Gasteiger partial charge in [0.1, 0.15) is 6.10 Å². The van der Waals surface area contributed by atoms with Crippen LogP contribution in [0.4, 0.5) is 0 Å². The van der Waals surface area contributed by atoms with Gasteiger partial charge in [0.05, 0.1) is 24.1 Å². The predicted octanol–water partition coefficient (Wildman–Crippen LogP) is 3.35. The predicted molar refractivity (Wildman–Crippen MR) is 80.0 cm³/mol. The summed E-state index contributed by atoms with van der Waals surface area (Å²) in [6.07, 6.45) is -0.0312. The zero-order chi connectivity index (χ0) is 13.9. The minimum absolute atomic E-state index is 0.0312. The third-order valence-corrected chi connectivity index (χ3v) is 4.46. The quantitative estimate of drug-likeness (QED) is 0.847. The lowest BCUT2D eigenvalue weighted by Gasteiger charge is -2.38. The van der Waals surface area contributed by atoms with Crippen LogP contribution in [0.15, 0.2) is 47.8 Å². The van der Waals surface area contributed by atoms with Gasteiger partial charge in [0.2, 0.25) is 0 Å². The van der Waals surface area contributed by atoms with E-state index in [1.807, 2.05) is 47.5 Å². The number of thiophene rings is 1. The van der Waals surface area contributed by atoms with E-state index < -0.39 is 0 Å².